The first-order chi connectivity index (χ1) is 6.48. The van der Waals surface area contributed by atoms with Crippen LogP contribution in [0.25, 0.3) is 0 Å². The molecule has 2 unspecified atom stereocenters. The minimum atomic E-state index is -0.595. The van der Waals surface area contributed by atoms with E-state index in [9.17, 15) is 5.11 Å². The summed E-state index contributed by atoms with van der Waals surface area (Å²) in [6.45, 7) is 8.70. The monoisotopic (exact) mass is 200 g/mol. The number of hydrogen-bond donors (Lipinski definition) is 3. The van der Waals surface area contributed by atoms with Gasteiger partial charge in [-0.1, -0.05) is 20.8 Å². The summed E-state index contributed by atoms with van der Waals surface area (Å²) in [7, 11) is 0. The van der Waals surface area contributed by atoms with Crippen LogP contribution in [0.2, 0.25) is 0 Å². The number of piperidine rings is 1. The maximum Gasteiger partial charge on any atom is 0.0762 e. The van der Waals surface area contributed by atoms with Gasteiger partial charge in [0.25, 0.3) is 0 Å². The van der Waals surface area contributed by atoms with Crippen molar-refractivity contribution in [1.82, 2.24) is 5.32 Å². The third kappa shape index (κ3) is 1.81. The van der Waals surface area contributed by atoms with E-state index < -0.39 is 5.60 Å². The molecule has 3 heteroatoms. The molecule has 0 aromatic rings. The zero-order valence-electron chi connectivity index (χ0n) is 9.64. The minimum Gasteiger partial charge on any atom is -0.389 e. The molecule has 1 saturated heterocycles. The van der Waals surface area contributed by atoms with Crippen molar-refractivity contribution >= 4 is 0 Å². The van der Waals surface area contributed by atoms with Crippen LogP contribution in [0.5, 0.6) is 0 Å². The fourth-order valence-corrected chi connectivity index (χ4v) is 2.63. The van der Waals surface area contributed by atoms with E-state index in [1.807, 2.05) is 0 Å². The normalized spacial score (nSPS) is 34.1. The molecule has 0 aromatic heterocycles. The molecule has 1 fully saturated rings. The largest absolute Gasteiger partial charge is 0.389 e. The summed E-state index contributed by atoms with van der Waals surface area (Å²) >= 11 is 0. The van der Waals surface area contributed by atoms with Crippen molar-refractivity contribution in [3.05, 3.63) is 0 Å². The molecule has 1 rings (SSSR count). The van der Waals surface area contributed by atoms with Gasteiger partial charge in [-0.3, -0.25) is 0 Å². The molecule has 0 aromatic carbocycles. The van der Waals surface area contributed by atoms with E-state index in [4.69, 9.17) is 5.73 Å². The van der Waals surface area contributed by atoms with Gasteiger partial charge in [-0.25, -0.2) is 0 Å². The Morgan fingerprint density at radius 1 is 1.50 bits per heavy atom. The van der Waals surface area contributed by atoms with Crippen molar-refractivity contribution in [2.45, 2.75) is 39.2 Å². The number of hydrogen-bond acceptors (Lipinski definition) is 3. The molecule has 3 nitrogen and oxygen atoms in total. The Kier molecular flexibility index (Phi) is 3.56. The van der Waals surface area contributed by atoms with Crippen LogP contribution >= 0.6 is 0 Å². The van der Waals surface area contributed by atoms with Gasteiger partial charge in [0.2, 0.25) is 0 Å². The molecule has 4 N–H and O–H groups in total. The third-order valence-electron chi connectivity index (χ3n) is 3.87. The standard InChI is InChI=1S/C11H24N2O/c1-4-9(7-12)11(14)5-6-13-8-10(11,2)3/h9,13-14H,4-8,12H2,1-3H3. The Balaban J connectivity index is 2.87. The molecule has 0 radical (unpaired) electrons. The van der Waals surface area contributed by atoms with Crippen LogP contribution in [-0.2, 0) is 0 Å². The minimum absolute atomic E-state index is 0.0781. The van der Waals surface area contributed by atoms with Crippen LogP contribution in [-0.4, -0.2) is 30.3 Å². The van der Waals surface area contributed by atoms with E-state index in [1.54, 1.807) is 0 Å². The number of nitrogens with one attached hydrogen (secondary N) is 1. The summed E-state index contributed by atoms with van der Waals surface area (Å²) in [6, 6.07) is 0. The quantitative estimate of drug-likeness (QED) is 0.629. The molecule has 84 valence electrons. The maximum atomic E-state index is 10.7. The van der Waals surface area contributed by atoms with Crippen molar-refractivity contribution in [3.63, 3.8) is 0 Å². The summed E-state index contributed by atoms with van der Waals surface area (Å²) in [5, 5.41) is 14.1. The molecule has 0 spiro atoms. The van der Waals surface area contributed by atoms with Crippen LogP contribution in [0.1, 0.15) is 33.6 Å². The Labute approximate surface area is 87.1 Å². The Hall–Kier alpha value is -0.120. The van der Waals surface area contributed by atoms with Gasteiger partial charge >= 0.3 is 0 Å². The summed E-state index contributed by atoms with van der Waals surface area (Å²) in [6.07, 6.45) is 1.77. The molecule has 14 heavy (non-hydrogen) atoms. The first-order valence-electron chi connectivity index (χ1n) is 5.61. The van der Waals surface area contributed by atoms with Crippen LogP contribution in [0.15, 0.2) is 0 Å². The van der Waals surface area contributed by atoms with E-state index >= 15 is 0 Å². The van der Waals surface area contributed by atoms with Gasteiger partial charge in [0.05, 0.1) is 5.60 Å². The summed E-state index contributed by atoms with van der Waals surface area (Å²) in [4.78, 5) is 0. The van der Waals surface area contributed by atoms with Crippen molar-refractivity contribution in [2.24, 2.45) is 17.1 Å². The molecule has 0 amide bonds. The lowest BCUT2D eigenvalue weighted by Gasteiger charge is -2.50. The highest BCUT2D eigenvalue weighted by Gasteiger charge is 2.49. The zero-order valence-corrected chi connectivity index (χ0v) is 9.64. The summed E-state index contributed by atoms with van der Waals surface area (Å²) < 4.78 is 0. The number of rotatable bonds is 3. The van der Waals surface area contributed by atoms with Crippen molar-refractivity contribution in [2.75, 3.05) is 19.6 Å². The smallest absolute Gasteiger partial charge is 0.0762 e. The lowest BCUT2D eigenvalue weighted by atomic mass is 9.63. The van der Waals surface area contributed by atoms with Gasteiger partial charge in [-0.15, -0.1) is 0 Å². The Morgan fingerprint density at radius 2 is 2.14 bits per heavy atom. The van der Waals surface area contributed by atoms with E-state index in [2.05, 4.69) is 26.1 Å². The van der Waals surface area contributed by atoms with Gasteiger partial charge in [0.15, 0.2) is 0 Å². The lowest BCUT2D eigenvalue weighted by Crippen LogP contribution is -2.61. The van der Waals surface area contributed by atoms with Gasteiger partial charge in [0, 0.05) is 17.9 Å². The van der Waals surface area contributed by atoms with E-state index in [-0.39, 0.29) is 11.3 Å². The van der Waals surface area contributed by atoms with Crippen LogP contribution in [0, 0.1) is 11.3 Å². The molecule has 2 atom stereocenters. The molecular formula is C11H24N2O. The Bertz CT molecular complexity index is 190. The fourth-order valence-electron chi connectivity index (χ4n) is 2.63. The number of nitrogens with two attached hydrogens (primary N) is 1. The fraction of sp³-hybridized carbons (Fsp3) is 1.00. The molecule has 1 heterocycles. The van der Waals surface area contributed by atoms with Gasteiger partial charge in [-0.2, -0.15) is 0 Å². The first-order valence-corrected chi connectivity index (χ1v) is 5.61. The van der Waals surface area contributed by atoms with E-state index in [0.29, 0.717) is 6.54 Å². The highest BCUT2D eigenvalue weighted by molar-refractivity contribution is 5.02. The molecular weight excluding hydrogens is 176 g/mol. The van der Waals surface area contributed by atoms with Crippen molar-refractivity contribution < 1.29 is 5.11 Å². The van der Waals surface area contributed by atoms with Crippen LogP contribution < -0.4 is 11.1 Å². The second kappa shape index (κ2) is 4.17. The topological polar surface area (TPSA) is 58.3 Å². The van der Waals surface area contributed by atoms with E-state index in [1.165, 1.54) is 0 Å². The summed E-state index contributed by atoms with van der Waals surface area (Å²) in [5.41, 5.74) is 5.07. The second-order valence-corrected chi connectivity index (χ2v) is 5.08. The number of aliphatic hydroxyl groups is 1. The van der Waals surface area contributed by atoms with Gasteiger partial charge in [0.1, 0.15) is 0 Å². The predicted octanol–water partition coefficient (Wildman–Crippen LogP) is 0.722. The van der Waals surface area contributed by atoms with E-state index in [0.717, 1.165) is 25.9 Å². The first kappa shape index (κ1) is 12.0. The van der Waals surface area contributed by atoms with Gasteiger partial charge in [-0.05, 0) is 25.9 Å². The molecule has 1 aliphatic rings. The average molecular weight is 200 g/mol. The maximum absolute atomic E-state index is 10.7. The molecule has 0 aliphatic carbocycles. The van der Waals surface area contributed by atoms with Crippen molar-refractivity contribution in [1.29, 1.82) is 0 Å². The highest BCUT2D eigenvalue weighted by atomic mass is 16.3. The van der Waals surface area contributed by atoms with Crippen molar-refractivity contribution in [3.8, 4) is 0 Å². The second-order valence-electron chi connectivity index (χ2n) is 5.08. The van der Waals surface area contributed by atoms with Crippen LogP contribution in [0.3, 0.4) is 0 Å². The lowest BCUT2D eigenvalue weighted by molar-refractivity contribution is -0.128. The SMILES string of the molecule is CCC(CN)C1(O)CCNCC1(C)C. The molecule has 0 bridgehead atoms. The highest BCUT2D eigenvalue weighted by Crippen LogP contribution is 2.42. The van der Waals surface area contributed by atoms with Crippen LogP contribution in [0.4, 0.5) is 0 Å². The average Bonchev–Trinajstić information content (AvgIpc) is 2.12. The molecule has 1 aliphatic heterocycles. The Morgan fingerprint density at radius 3 is 2.57 bits per heavy atom. The predicted molar refractivity (Wildman–Crippen MR) is 59.1 cm³/mol. The molecule has 0 saturated carbocycles. The zero-order chi connectivity index (χ0) is 10.8. The van der Waals surface area contributed by atoms with Gasteiger partial charge < -0.3 is 16.2 Å². The third-order valence-corrected chi connectivity index (χ3v) is 3.87. The summed E-state index contributed by atoms with van der Waals surface area (Å²) in [5.74, 6) is 0.222.